The highest BCUT2D eigenvalue weighted by Crippen LogP contribution is 2.51. The summed E-state index contributed by atoms with van der Waals surface area (Å²) < 4.78 is 33.2. The maximum Gasteiger partial charge on any atom is 0.336 e. The number of Topliss-reactive ketones (excluding diaryl/α,β-unsaturated/α-hetero) is 1. The molecule has 10 nitrogen and oxygen atoms in total. The van der Waals surface area contributed by atoms with Crippen LogP contribution in [-0.2, 0) is 23.9 Å². The van der Waals surface area contributed by atoms with E-state index in [1.54, 1.807) is 46.1 Å². The number of carbonyl (C=O) groups is 3. The minimum absolute atomic E-state index is 0.107. The summed E-state index contributed by atoms with van der Waals surface area (Å²) in [6, 6.07) is 10.7. The molecule has 1 heterocycles. The lowest BCUT2D eigenvalue weighted by Gasteiger charge is -2.41. The molecular formula is C32H37NO9. The first kappa shape index (κ1) is 30.6. The molecule has 2 aromatic rings. The largest absolute Gasteiger partial charge is 0.496 e. The predicted octanol–water partition coefficient (Wildman–Crippen LogP) is 4.65. The Hall–Kier alpha value is -4.34. The number of nitrogens with zero attached hydrogens (tertiary/aromatic N) is 1. The van der Waals surface area contributed by atoms with Crippen molar-refractivity contribution < 1.29 is 42.8 Å². The van der Waals surface area contributed by atoms with Crippen molar-refractivity contribution in [3.05, 3.63) is 58.8 Å². The van der Waals surface area contributed by atoms with E-state index in [-0.39, 0.29) is 25.2 Å². The lowest BCUT2D eigenvalue weighted by Crippen LogP contribution is -2.48. The van der Waals surface area contributed by atoms with Gasteiger partial charge in [-0.3, -0.25) is 14.6 Å². The molecule has 1 saturated carbocycles. The van der Waals surface area contributed by atoms with Gasteiger partial charge >= 0.3 is 11.9 Å². The summed E-state index contributed by atoms with van der Waals surface area (Å²) in [6.07, 6.45) is 0.272. The number of para-hydroxylation sites is 1. The van der Waals surface area contributed by atoms with E-state index in [4.69, 9.17) is 33.4 Å². The van der Waals surface area contributed by atoms with Crippen molar-refractivity contribution in [1.82, 2.24) is 0 Å². The minimum Gasteiger partial charge on any atom is -0.496 e. The molecule has 1 fully saturated rings. The molecule has 4 atom stereocenters. The number of methoxy groups -OCH3 is 4. The van der Waals surface area contributed by atoms with E-state index in [2.05, 4.69) is 0 Å². The Morgan fingerprint density at radius 3 is 2.05 bits per heavy atom. The maximum atomic E-state index is 14.6. The molecule has 0 radical (unpaired) electrons. The molecule has 2 aliphatic rings. The number of aliphatic imine (C=N–C) groups is 1. The van der Waals surface area contributed by atoms with Crippen LogP contribution in [0, 0.1) is 11.8 Å². The first-order valence-corrected chi connectivity index (χ1v) is 13.8. The summed E-state index contributed by atoms with van der Waals surface area (Å²) in [7, 11) is 6.01. The topological polar surface area (TPSA) is 119 Å². The van der Waals surface area contributed by atoms with Crippen LogP contribution >= 0.6 is 0 Å². The number of esters is 2. The highest BCUT2D eigenvalue weighted by Gasteiger charge is 2.53. The Morgan fingerprint density at radius 2 is 1.48 bits per heavy atom. The molecule has 10 heteroatoms. The molecule has 0 N–H and O–H groups in total. The first-order chi connectivity index (χ1) is 20.3. The van der Waals surface area contributed by atoms with E-state index in [1.807, 2.05) is 18.2 Å². The summed E-state index contributed by atoms with van der Waals surface area (Å²) in [6.45, 7) is 5.37. The van der Waals surface area contributed by atoms with Crippen molar-refractivity contribution in [2.75, 3.05) is 41.7 Å². The summed E-state index contributed by atoms with van der Waals surface area (Å²) in [4.78, 5) is 46.4. The monoisotopic (exact) mass is 579 g/mol. The standard InChI is InChI=1S/C32H37NO9/c1-8-41-31(35)25-17(3)33-21-16-20(19-12-10-11-13-22(19)37-4)27(32(36)42-9-2)29(34)28(21)26(25)18-14-23(38-5)30(40-7)24(15-18)39-6/h10-15,20,26-28H,8-9,16H2,1-7H3/t20-,26+,27-,28?/m0/s1. The zero-order chi connectivity index (χ0) is 30.6. The molecule has 42 heavy (non-hydrogen) atoms. The van der Waals surface area contributed by atoms with Gasteiger partial charge in [0.2, 0.25) is 5.75 Å². The molecule has 0 saturated heterocycles. The van der Waals surface area contributed by atoms with Gasteiger partial charge in [0.15, 0.2) is 17.3 Å². The number of ether oxygens (including phenoxy) is 6. The number of hydrogen-bond acceptors (Lipinski definition) is 10. The molecule has 0 amide bonds. The molecule has 0 bridgehead atoms. The smallest absolute Gasteiger partial charge is 0.336 e. The molecular weight excluding hydrogens is 542 g/mol. The van der Waals surface area contributed by atoms with E-state index in [0.29, 0.717) is 45.5 Å². The van der Waals surface area contributed by atoms with Gasteiger partial charge in [-0.25, -0.2) is 4.79 Å². The van der Waals surface area contributed by atoms with Crippen LogP contribution in [0.4, 0.5) is 0 Å². The van der Waals surface area contributed by atoms with Crippen LogP contribution in [0.15, 0.2) is 52.7 Å². The highest BCUT2D eigenvalue weighted by atomic mass is 16.5. The third kappa shape index (κ3) is 5.45. The zero-order valence-corrected chi connectivity index (χ0v) is 25.0. The van der Waals surface area contributed by atoms with Crippen LogP contribution in [0.2, 0.25) is 0 Å². The molecule has 1 unspecified atom stereocenters. The lowest BCUT2D eigenvalue weighted by atomic mass is 9.62. The second kappa shape index (κ2) is 13.1. The van der Waals surface area contributed by atoms with Gasteiger partial charge in [-0.1, -0.05) is 18.2 Å². The number of rotatable bonds is 10. The number of carbonyl (C=O) groups excluding carboxylic acids is 3. The average Bonchev–Trinajstić information content (AvgIpc) is 2.99. The van der Waals surface area contributed by atoms with Crippen molar-refractivity contribution in [1.29, 1.82) is 0 Å². The van der Waals surface area contributed by atoms with Gasteiger partial charge < -0.3 is 28.4 Å². The fourth-order valence-electron chi connectivity index (χ4n) is 6.06. The minimum atomic E-state index is -1.16. The van der Waals surface area contributed by atoms with E-state index in [1.165, 1.54) is 21.3 Å². The Balaban J connectivity index is 1.97. The van der Waals surface area contributed by atoms with Gasteiger partial charge in [-0.15, -0.1) is 0 Å². The number of fused-ring (bicyclic) bond motifs is 1. The summed E-state index contributed by atoms with van der Waals surface area (Å²) in [5.41, 5.74) is 2.47. The number of allylic oxidation sites excluding steroid dienone is 1. The van der Waals surface area contributed by atoms with Gasteiger partial charge in [-0.05, 0) is 56.5 Å². The van der Waals surface area contributed by atoms with Crippen LogP contribution in [0.3, 0.4) is 0 Å². The fraction of sp³-hybridized carbons (Fsp3) is 0.438. The highest BCUT2D eigenvalue weighted by molar-refractivity contribution is 6.18. The van der Waals surface area contributed by atoms with Gasteiger partial charge in [0.1, 0.15) is 11.7 Å². The lowest BCUT2D eigenvalue weighted by molar-refractivity contribution is -0.153. The Bertz CT molecular complexity index is 1400. The van der Waals surface area contributed by atoms with Crippen LogP contribution in [0.5, 0.6) is 23.0 Å². The second-order valence-corrected chi connectivity index (χ2v) is 9.92. The Labute approximate surface area is 245 Å². The van der Waals surface area contributed by atoms with Gasteiger partial charge in [0, 0.05) is 23.2 Å². The predicted molar refractivity (Wildman–Crippen MR) is 155 cm³/mol. The molecule has 4 rings (SSSR count). The van der Waals surface area contributed by atoms with E-state index in [9.17, 15) is 14.4 Å². The van der Waals surface area contributed by atoms with E-state index in [0.717, 1.165) is 0 Å². The third-order valence-corrected chi connectivity index (χ3v) is 7.77. The molecule has 0 aromatic heterocycles. The van der Waals surface area contributed by atoms with E-state index >= 15 is 0 Å². The molecule has 224 valence electrons. The average molecular weight is 580 g/mol. The maximum absolute atomic E-state index is 14.6. The SMILES string of the molecule is CCOC(=O)C1=C(C)N=C2C[C@@H](c3ccccc3OC)[C@H](C(=O)OCC)C(=O)C2[C@@H]1c1cc(OC)c(OC)c(OC)c1. The van der Waals surface area contributed by atoms with Crippen molar-refractivity contribution in [3.8, 4) is 23.0 Å². The summed E-state index contributed by atoms with van der Waals surface area (Å²) in [5.74, 6) is -3.52. The third-order valence-electron chi connectivity index (χ3n) is 7.77. The number of hydrogen-bond donors (Lipinski definition) is 0. The quantitative estimate of drug-likeness (QED) is 0.293. The van der Waals surface area contributed by atoms with Gasteiger partial charge in [-0.2, -0.15) is 0 Å². The van der Waals surface area contributed by atoms with Crippen LogP contribution in [-0.4, -0.2) is 65.1 Å². The number of ketones is 1. The van der Waals surface area contributed by atoms with Crippen molar-refractivity contribution in [2.45, 2.75) is 39.0 Å². The number of benzene rings is 2. The first-order valence-electron chi connectivity index (χ1n) is 13.8. The molecule has 2 aromatic carbocycles. The summed E-state index contributed by atoms with van der Waals surface area (Å²) >= 11 is 0. The van der Waals surface area contributed by atoms with Crippen molar-refractivity contribution >= 4 is 23.4 Å². The second-order valence-electron chi connectivity index (χ2n) is 9.92. The van der Waals surface area contributed by atoms with Gasteiger partial charge in [0.25, 0.3) is 0 Å². The summed E-state index contributed by atoms with van der Waals surface area (Å²) in [5, 5.41) is 0. The Kier molecular flexibility index (Phi) is 9.55. The molecule has 1 aliphatic carbocycles. The van der Waals surface area contributed by atoms with Crippen LogP contribution in [0.1, 0.15) is 50.2 Å². The van der Waals surface area contributed by atoms with Crippen molar-refractivity contribution in [3.63, 3.8) is 0 Å². The van der Waals surface area contributed by atoms with E-state index < -0.39 is 41.4 Å². The fourth-order valence-corrected chi connectivity index (χ4v) is 6.06. The Morgan fingerprint density at radius 1 is 0.857 bits per heavy atom. The molecule has 1 aliphatic heterocycles. The van der Waals surface area contributed by atoms with Crippen LogP contribution < -0.4 is 18.9 Å². The van der Waals surface area contributed by atoms with Gasteiger partial charge in [0.05, 0.1) is 53.1 Å². The zero-order valence-electron chi connectivity index (χ0n) is 25.0. The molecule has 0 spiro atoms. The normalized spacial score (nSPS) is 21.6. The van der Waals surface area contributed by atoms with Crippen molar-refractivity contribution in [2.24, 2.45) is 16.8 Å². The van der Waals surface area contributed by atoms with Crippen LogP contribution in [0.25, 0.3) is 0 Å².